The first-order valence-corrected chi connectivity index (χ1v) is 41.7. The Labute approximate surface area is 577 Å². The second kappa shape index (κ2) is 38.4. The molecule has 0 saturated carbocycles. The van der Waals surface area contributed by atoms with Gasteiger partial charge in [-0.2, -0.15) is 0 Å². The maximum Gasteiger partial charge on any atom is 0.260 e. The lowest BCUT2D eigenvalue weighted by Crippen LogP contribution is -2.34. The number of anilines is 2. The molecule has 0 radical (unpaired) electrons. The molecular formula is C84H126N2O2S4. The van der Waals surface area contributed by atoms with Gasteiger partial charge in [-0.25, -0.2) is 0 Å². The van der Waals surface area contributed by atoms with E-state index >= 15 is 9.59 Å². The van der Waals surface area contributed by atoms with Gasteiger partial charge in [0, 0.05) is 73.0 Å². The standard InChI is InChI=1S/C84H126N2O2S4/c1-11-15-19-23-27-31-33-37-41-45-49-63(47-43-39-35-29-25-21-17-13-3)61-85-79-65-52-54-68-78(71-57-58-75(91-71)83(5,6)7)82(88)86(62-64(48-44-40-36-30-26-22-18-14-4)50-46-42-38-34-32-28-24-20-16-12-2)80(68)66(65)51-53-67(79)77(81(85)87)70-56-55-69(89-70)72-59-73-74(90-72)60-76(92-73)84(8,9)10/h51-60,63-64H,11-50,61-62H2,1-10H3. The van der Waals surface area contributed by atoms with E-state index < -0.39 is 0 Å². The van der Waals surface area contributed by atoms with E-state index in [2.05, 4.69) is 140 Å². The number of benzene rings is 2. The molecule has 2 unspecified atom stereocenters. The molecule has 0 saturated heterocycles. The van der Waals surface area contributed by atoms with Crippen LogP contribution in [0, 0.1) is 11.8 Å². The summed E-state index contributed by atoms with van der Waals surface area (Å²) in [5.74, 6) is 1.16. The summed E-state index contributed by atoms with van der Waals surface area (Å²) in [6.07, 6.45) is 52.4. The first-order valence-electron chi connectivity index (χ1n) is 38.4. The van der Waals surface area contributed by atoms with Gasteiger partial charge < -0.3 is 9.80 Å². The zero-order valence-electron chi connectivity index (χ0n) is 60.0. The first kappa shape index (κ1) is 74.2. The average molecular weight is 1320 g/mol. The highest BCUT2D eigenvalue weighted by molar-refractivity contribution is 7.31. The van der Waals surface area contributed by atoms with Crippen LogP contribution in [0.3, 0.4) is 0 Å². The lowest BCUT2D eigenvalue weighted by Gasteiger charge is -2.28. The molecule has 6 heterocycles. The lowest BCUT2D eigenvalue weighted by atomic mass is 9.92. The Hall–Kier alpha value is -3.56. The highest BCUT2D eigenvalue weighted by Gasteiger charge is 2.38. The SMILES string of the molecule is CCCCCCCCCCCCC(CCCCCCCCCC)CN1C(=O)C(c2ccc(-c3cc4sc(C(C)(C)C)cc4s3)s2)=c2ccc3c4c(ccc3c21)=C(c1ccc(C(C)(C)C)s1)C(=O)N4CC(CCCCCCCCCC)CCCCCCCCCCCC. The summed E-state index contributed by atoms with van der Waals surface area (Å²) in [6.45, 7) is 24.5. The minimum Gasteiger partial charge on any atom is -0.307 e. The monoisotopic (exact) mass is 1320 g/mol. The van der Waals surface area contributed by atoms with E-state index in [4.69, 9.17) is 0 Å². The molecule has 0 spiro atoms. The van der Waals surface area contributed by atoms with E-state index in [1.54, 1.807) is 22.7 Å². The number of nitrogens with zero attached hydrogens (tertiary/aromatic N) is 2. The average Bonchev–Trinajstić information content (AvgIpc) is 1.55. The molecule has 0 N–H and O–H groups in total. The van der Waals surface area contributed by atoms with Gasteiger partial charge in [0.25, 0.3) is 11.8 Å². The number of amides is 2. The summed E-state index contributed by atoms with van der Waals surface area (Å²) >= 11 is 7.42. The zero-order chi connectivity index (χ0) is 65.3. The van der Waals surface area contributed by atoms with Gasteiger partial charge in [0.05, 0.1) is 22.5 Å². The molecule has 2 aromatic carbocycles. The van der Waals surface area contributed by atoms with Crippen molar-refractivity contribution in [1.29, 1.82) is 0 Å². The van der Waals surface area contributed by atoms with Crippen LogP contribution in [0.25, 0.3) is 41.1 Å². The summed E-state index contributed by atoms with van der Waals surface area (Å²) in [4.78, 5) is 43.9. The summed E-state index contributed by atoms with van der Waals surface area (Å²) in [5.41, 5.74) is 3.97. The number of fused-ring (bicyclic) bond motifs is 6. The van der Waals surface area contributed by atoms with Gasteiger partial charge in [-0.05, 0) is 84.7 Å². The Morgan fingerprint density at radius 1 is 0.326 bits per heavy atom. The van der Waals surface area contributed by atoms with Crippen molar-refractivity contribution in [3.63, 3.8) is 0 Å². The Balaban J connectivity index is 1.17. The fraction of sp³-hybridized carbons (Fsp3) is 0.667. The number of carbonyl (C=O) groups excluding carboxylic acids is 2. The van der Waals surface area contributed by atoms with E-state index in [9.17, 15) is 0 Å². The Morgan fingerprint density at radius 3 is 1.00 bits per heavy atom. The predicted molar refractivity (Wildman–Crippen MR) is 412 cm³/mol. The third kappa shape index (κ3) is 21.2. The van der Waals surface area contributed by atoms with Crippen LogP contribution >= 0.6 is 45.3 Å². The lowest BCUT2D eigenvalue weighted by molar-refractivity contribution is -0.114. The van der Waals surface area contributed by atoms with Crippen molar-refractivity contribution in [2.24, 2.45) is 11.8 Å². The molecule has 508 valence electrons. The Kier molecular flexibility index (Phi) is 31.0. The van der Waals surface area contributed by atoms with E-state index in [1.807, 2.05) is 22.7 Å². The van der Waals surface area contributed by atoms with Crippen molar-refractivity contribution in [1.82, 2.24) is 0 Å². The fourth-order valence-corrected chi connectivity index (χ4v) is 19.5. The van der Waals surface area contributed by atoms with Crippen LogP contribution < -0.4 is 20.2 Å². The maximum absolute atomic E-state index is 16.1. The molecule has 4 nitrogen and oxygen atoms in total. The van der Waals surface area contributed by atoms with Gasteiger partial charge in [0.1, 0.15) is 0 Å². The summed E-state index contributed by atoms with van der Waals surface area (Å²) < 4.78 is 2.71. The number of hydrogen-bond donors (Lipinski definition) is 0. The highest BCUT2D eigenvalue weighted by Crippen LogP contribution is 2.46. The van der Waals surface area contributed by atoms with E-state index in [0.717, 1.165) is 79.4 Å². The van der Waals surface area contributed by atoms with Gasteiger partial charge in [-0.15, -0.1) is 45.3 Å². The molecule has 8 heteroatoms. The number of carbonyl (C=O) groups is 2. The van der Waals surface area contributed by atoms with Crippen LogP contribution in [0.5, 0.6) is 0 Å². The normalized spacial score (nSPS) is 14.4. The van der Waals surface area contributed by atoms with E-state index in [1.165, 1.54) is 273 Å². The number of thiophene rings is 4. The zero-order valence-corrected chi connectivity index (χ0v) is 63.2. The minimum atomic E-state index is -0.0166. The van der Waals surface area contributed by atoms with Crippen LogP contribution in [-0.4, -0.2) is 24.9 Å². The molecule has 0 bridgehead atoms. The van der Waals surface area contributed by atoms with Crippen LogP contribution in [0.1, 0.15) is 346 Å². The van der Waals surface area contributed by atoms with Crippen LogP contribution in [0.2, 0.25) is 0 Å². The predicted octanol–water partition coefficient (Wildman–Crippen LogP) is 26.5. The van der Waals surface area contributed by atoms with Crippen molar-refractivity contribution in [3.05, 3.63) is 90.6 Å². The molecule has 2 aliphatic rings. The van der Waals surface area contributed by atoms with Gasteiger partial charge in [0.2, 0.25) is 0 Å². The number of hydrogen-bond acceptors (Lipinski definition) is 6. The molecule has 0 fully saturated rings. The maximum atomic E-state index is 16.1. The van der Waals surface area contributed by atoms with Gasteiger partial charge in [0.15, 0.2) is 0 Å². The van der Waals surface area contributed by atoms with Gasteiger partial charge >= 0.3 is 0 Å². The third-order valence-electron chi connectivity index (χ3n) is 20.5. The van der Waals surface area contributed by atoms with Crippen molar-refractivity contribution in [3.8, 4) is 9.75 Å². The topological polar surface area (TPSA) is 40.6 Å². The first-order chi connectivity index (χ1) is 44.7. The second-order valence-electron chi connectivity index (χ2n) is 30.6. The Morgan fingerprint density at radius 2 is 0.652 bits per heavy atom. The minimum absolute atomic E-state index is 0.0166. The van der Waals surface area contributed by atoms with Gasteiger partial charge in [-0.1, -0.05) is 325 Å². The van der Waals surface area contributed by atoms with Crippen molar-refractivity contribution in [2.45, 2.75) is 337 Å². The number of rotatable bonds is 47. The number of unbranched alkanes of at least 4 members (excludes halogenated alkanes) is 32. The second-order valence-corrected chi connectivity index (χ2v) is 34.9. The van der Waals surface area contributed by atoms with Crippen molar-refractivity contribution in [2.75, 3.05) is 22.9 Å². The molecule has 4 aromatic heterocycles. The molecular weight excluding hydrogens is 1200 g/mol. The van der Waals surface area contributed by atoms with E-state index in [0.29, 0.717) is 11.8 Å². The summed E-state index contributed by atoms with van der Waals surface area (Å²) in [7, 11) is 0. The molecule has 0 aliphatic carbocycles. The van der Waals surface area contributed by atoms with Crippen molar-refractivity contribution < 1.29 is 9.59 Å². The third-order valence-corrected chi connectivity index (χ3v) is 26.1. The smallest absolute Gasteiger partial charge is 0.260 e. The molecule has 6 aromatic rings. The molecule has 92 heavy (non-hydrogen) atoms. The largest absolute Gasteiger partial charge is 0.307 e. The molecule has 2 amide bonds. The molecule has 2 aliphatic heterocycles. The van der Waals surface area contributed by atoms with Crippen LogP contribution in [0.4, 0.5) is 11.4 Å². The van der Waals surface area contributed by atoms with Gasteiger partial charge in [-0.3, -0.25) is 9.59 Å². The van der Waals surface area contributed by atoms with Crippen molar-refractivity contribution >= 4 is 99.9 Å². The summed E-state index contributed by atoms with van der Waals surface area (Å²) in [6, 6.07) is 23.1. The highest BCUT2D eigenvalue weighted by atomic mass is 32.1. The molecule has 2 atom stereocenters. The molecule has 8 rings (SSSR count). The van der Waals surface area contributed by atoms with Crippen LogP contribution in [0.15, 0.2) is 60.7 Å². The summed E-state index contributed by atoms with van der Waals surface area (Å²) in [5, 5.41) is 4.37. The Bertz CT molecular complexity index is 3260. The quantitative estimate of drug-likeness (QED) is 0.0357. The van der Waals surface area contributed by atoms with Crippen LogP contribution in [-0.2, 0) is 20.4 Å². The van der Waals surface area contributed by atoms with E-state index in [-0.39, 0.29) is 22.6 Å². The fourth-order valence-electron chi connectivity index (χ4n) is 14.8.